The van der Waals surface area contributed by atoms with Gasteiger partial charge in [-0.15, -0.1) is 0 Å². The summed E-state index contributed by atoms with van der Waals surface area (Å²) >= 11 is 11.4. The Morgan fingerprint density at radius 2 is 1.85 bits per heavy atom. The molecule has 0 aromatic carbocycles. The molecule has 0 saturated heterocycles. The molecule has 34 heavy (non-hydrogen) atoms. The van der Waals surface area contributed by atoms with Gasteiger partial charge < -0.3 is 36.3 Å². The Morgan fingerprint density at radius 1 is 1.24 bits per heavy atom. The molecule has 1 unspecified atom stereocenters. The van der Waals surface area contributed by atoms with Crippen molar-refractivity contribution in [3.63, 3.8) is 0 Å². The van der Waals surface area contributed by atoms with Crippen LogP contribution >= 0.6 is 30.8 Å². The van der Waals surface area contributed by atoms with Gasteiger partial charge in [-0.1, -0.05) is 49.4 Å². The number of hydrogen-bond donors (Lipinski definition) is 6. The van der Waals surface area contributed by atoms with E-state index in [0.717, 1.165) is 32.1 Å². The lowest BCUT2D eigenvalue weighted by molar-refractivity contribution is -0.151. The summed E-state index contributed by atoms with van der Waals surface area (Å²) in [4.78, 5) is 41.3. The van der Waals surface area contributed by atoms with Crippen LogP contribution in [0.5, 0.6) is 5.88 Å². The summed E-state index contributed by atoms with van der Waals surface area (Å²) < 4.78 is 33.7. The van der Waals surface area contributed by atoms with E-state index >= 15 is 0 Å². The van der Waals surface area contributed by atoms with Crippen molar-refractivity contribution >= 4 is 48.4 Å². The van der Waals surface area contributed by atoms with E-state index in [2.05, 4.69) is 17.2 Å². The largest absolute Gasteiger partial charge is 0.480 e. The lowest BCUT2D eigenvalue weighted by Crippen LogP contribution is -2.23. The summed E-state index contributed by atoms with van der Waals surface area (Å²) in [5, 5.41) is 9.53. The van der Waals surface area contributed by atoms with Crippen molar-refractivity contribution in [2.45, 2.75) is 52.1 Å². The average molecular weight is 553 g/mol. The lowest BCUT2D eigenvalue weighted by atomic mass is 10.1. The quantitative estimate of drug-likeness (QED) is 0.0897. The van der Waals surface area contributed by atoms with Crippen LogP contribution in [0.3, 0.4) is 0 Å². The van der Waals surface area contributed by atoms with Gasteiger partial charge in [0.1, 0.15) is 10.0 Å². The Hall–Kier alpha value is -1.73. The van der Waals surface area contributed by atoms with Gasteiger partial charge >= 0.3 is 19.5 Å². The van der Waals surface area contributed by atoms with Gasteiger partial charge in [0, 0.05) is 0 Å². The number of ether oxygens (including phenoxy) is 2. The van der Waals surface area contributed by atoms with Crippen molar-refractivity contribution in [1.29, 1.82) is 0 Å². The number of rotatable bonds is 13. The van der Waals surface area contributed by atoms with Crippen molar-refractivity contribution in [3.8, 4) is 5.88 Å². The van der Waals surface area contributed by atoms with E-state index in [1.54, 1.807) is 0 Å². The van der Waals surface area contributed by atoms with Crippen LogP contribution in [0.1, 0.15) is 46.0 Å². The minimum Gasteiger partial charge on any atom is -0.480 e. The highest BCUT2D eigenvalue weighted by Crippen LogP contribution is 2.35. The molecule has 0 fully saturated rings. The first-order valence-corrected chi connectivity index (χ1v) is 12.4. The van der Waals surface area contributed by atoms with E-state index in [0.29, 0.717) is 0 Å². The number of carbonyl (C=O) groups is 2. The second-order valence-electron chi connectivity index (χ2n) is 6.83. The highest BCUT2D eigenvalue weighted by atomic mass is 35.5. The summed E-state index contributed by atoms with van der Waals surface area (Å²) in [6.45, 7) is 3.07. The molecule has 0 aliphatic rings. The number of carboxylic acid groups (broad SMARTS) is 1. The number of carbonyl (C=O) groups excluding carboxylic acids is 1. The number of unbranched alkanes of at least 4 members (excludes halogenated alkanes) is 3. The lowest BCUT2D eigenvalue weighted by Gasteiger charge is -2.14. The van der Waals surface area contributed by atoms with Gasteiger partial charge in [-0.25, -0.2) is 4.79 Å². The van der Waals surface area contributed by atoms with Gasteiger partial charge in [-0.2, -0.15) is 9.37 Å². The fourth-order valence-electron chi connectivity index (χ4n) is 2.22. The molecular weight excluding hydrogens is 521 g/mol. The number of aromatic nitrogens is 1. The van der Waals surface area contributed by atoms with Gasteiger partial charge in [-0.05, 0) is 19.8 Å². The van der Waals surface area contributed by atoms with E-state index in [9.17, 15) is 18.5 Å². The molecule has 1 heterocycles. The Bertz CT molecular complexity index is 832. The normalized spacial score (nSPS) is 11.5. The molecule has 0 spiro atoms. The molecule has 198 valence electrons. The predicted molar refractivity (Wildman–Crippen MR) is 126 cm³/mol. The molecule has 12 nitrogen and oxygen atoms in total. The molecule has 9 N–H and O–H groups in total. The van der Waals surface area contributed by atoms with Gasteiger partial charge in [0.25, 0.3) is 0 Å². The van der Waals surface area contributed by atoms with E-state index in [4.69, 9.17) is 53.3 Å². The number of nitrogens with zero attached hydrogens (tertiary/aromatic N) is 1. The number of anilines is 1. The van der Waals surface area contributed by atoms with E-state index in [-0.39, 0.29) is 33.9 Å². The average Bonchev–Trinajstić information content (AvgIpc) is 2.70. The van der Waals surface area contributed by atoms with Crippen LogP contribution in [0, 0.1) is 5.95 Å². The summed E-state index contributed by atoms with van der Waals surface area (Å²) in [5.74, 6) is -3.03. The van der Waals surface area contributed by atoms with Crippen LogP contribution in [-0.4, -0.2) is 57.4 Å². The van der Waals surface area contributed by atoms with Crippen LogP contribution in [-0.2, 0) is 18.9 Å². The number of nitrogen functional groups attached to an aromatic ring is 1. The maximum atomic E-state index is 13.4. The van der Waals surface area contributed by atoms with Crippen molar-refractivity contribution in [2.75, 3.05) is 25.2 Å². The van der Waals surface area contributed by atoms with Crippen LogP contribution in [0.15, 0.2) is 0 Å². The minimum atomic E-state index is -4.10. The van der Waals surface area contributed by atoms with Gasteiger partial charge in [0.2, 0.25) is 11.8 Å². The van der Waals surface area contributed by atoms with Crippen molar-refractivity contribution in [2.24, 2.45) is 0 Å². The highest BCUT2D eigenvalue weighted by molar-refractivity contribution is 7.51. The zero-order chi connectivity index (χ0) is 25.6. The monoisotopic (exact) mass is 552 g/mol. The molecule has 0 aliphatic carbocycles. The number of halogens is 3. The molecule has 0 bridgehead atoms. The molecule has 1 atom stereocenters. The molecule has 1 aromatic rings. The molecule has 0 amide bonds. The first-order valence-electron chi connectivity index (χ1n) is 9.87. The zero-order valence-electron chi connectivity index (χ0n) is 18.9. The Kier molecular flexibility index (Phi) is 17.9. The van der Waals surface area contributed by atoms with Crippen molar-refractivity contribution in [1.82, 2.24) is 16.5 Å². The molecule has 16 heteroatoms. The third kappa shape index (κ3) is 16.0. The van der Waals surface area contributed by atoms with Crippen molar-refractivity contribution in [3.05, 3.63) is 16.0 Å². The van der Waals surface area contributed by atoms with Crippen LogP contribution < -0.4 is 21.9 Å². The number of nitrogens with two attached hydrogens (primary N) is 1. The first-order chi connectivity index (χ1) is 15.3. The maximum absolute atomic E-state index is 13.4. The topological polar surface area (TPSA) is 216 Å². The standard InChI is InChI=1S/C15H21Cl2FN2O3.C3H8NO5P.H3N/c1-3-4-5-6-7-9(2)23-10(21)8-22-15-12(17)13(19)11(16)14(18)20-15;5-3(6)1-4-2-10(7,8)9;/h9H,3-8H2,1-2H3,(H2,19,20);4H,1-2H2,(H,5,6)(H2,7,8,9);1H3. The van der Waals surface area contributed by atoms with Gasteiger partial charge in [0.15, 0.2) is 6.61 Å². The third-order valence-corrected chi connectivity index (χ3v) is 5.12. The zero-order valence-corrected chi connectivity index (χ0v) is 21.3. The van der Waals surface area contributed by atoms with Gasteiger partial charge in [0.05, 0.1) is 24.6 Å². The summed E-state index contributed by atoms with van der Waals surface area (Å²) in [6, 6.07) is 0. The van der Waals surface area contributed by atoms with E-state index in [1.165, 1.54) is 0 Å². The molecule has 1 aromatic heterocycles. The smallest absolute Gasteiger partial charge is 0.344 e. The van der Waals surface area contributed by atoms with Crippen molar-refractivity contribution < 1.29 is 42.9 Å². The van der Waals surface area contributed by atoms with E-state index in [1.807, 2.05) is 6.92 Å². The third-order valence-electron chi connectivity index (χ3n) is 3.76. The number of pyridine rings is 1. The fraction of sp³-hybridized carbons (Fsp3) is 0.611. The Balaban J connectivity index is 0. The molecule has 1 rings (SSSR count). The second kappa shape index (κ2) is 17.7. The molecule has 0 aliphatic heterocycles. The minimum absolute atomic E-state index is 0. The number of aliphatic carboxylic acids is 1. The van der Waals surface area contributed by atoms with E-state index < -0.39 is 44.9 Å². The predicted octanol–water partition coefficient (Wildman–Crippen LogP) is 3.35. The SMILES string of the molecule is CCCCCCC(C)OC(=O)COc1nc(F)c(Cl)c(N)c1Cl.N.O=C(O)CNCP(=O)(O)O. The maximum Gasteiger partial charge on any atom is 0.344 e. The second-order valence-corrected chi connectivity index (χ2v) is 9.23. The molecule has 0 radical (unpaired) electrons. The van der Waals surface area contributed by atoms with Crippen LogP contribution in [0.25, 0.3) is 0 Å². The molecular formula is C18H32Cl2FN4O8P. The summed E-state index contributed by atoms with van der Waals surface area (Å²) in [5.41, 5.74) is 5.32. The first kappa shape index (κ1) is 34.4. The van der Waals surface area contributed by atoms with Gasteiger partial charge in [-0.3, -0.25) is 14.7 Å². The summed E-state index contributed by atoms with van der Waals surface area (Å²) in [7, 11) is -4.10. The molecule has 0 saturated carbocycles. The number of nitrogens with one attached hydrogen (secondary N) is 1. The number of hydrogen-bond acceptors (Lipinski definition) is 9. The van der Waals surface area contributed by atoms with Crippen LogP contribution in [0.2, 0.25) is 10.0 Å². The highest BCUT2D eigenvalue weighted by Gasteiger charge is 2.18. The van der Waals surface area contributed by atoms with Crippen LogP contribution in [0.4, 0.5) is 10.1 Å². The fourth-order valence-corrected chi connectivity index (χ4v) is 3.00. The Labute approximate surface area is 207 Å². The number of esters is 1. The number of carboxylic acids is 1. The summed E-state index contributed by atoms with van der Waals surface area (Å²) in [6.07, 6.45) is 4.40. The Morgan fingerprint density at radius 3 is 2.38 bits per heavy atom.